The standard InChI is InChI=1S/C17H21NO2/c1-14(20)16-7-9-17(10-8-16)18(11-12-19)13-15-5-3-2-4-6-15/h2-10,14,19-20H,11-13H2,1H3/t14-/m1/s1. The van der Waals surface area contributed by atoms with E-state index in [1.807, 2.05) is 42.5 Å². The predicted octanol–water partition coefficient (Wildman–Crippen LogP) is 2.74. The average molecular weight is 271 g/mol. The Labute approximate surface area is 120 Å². The summed E-state index contributed by atoms with van der Waals surface area (Å²) >= 11 is 0. The monoisotopic (exact) mass is 271 g/mol. The SMILES string of the molecule is C[C@@H](O)c1ccc(N(CCO)Cc2ccccc2)cc1. The lowest BCUT2D eigenvalue weighted by atomic mass is 10.1. The van der Waals surface area contributed by atoms with E-state index in [-0.39, 0.29) is 6.61 Å². The van der Waals surface area contributed by atoms with Gasteiger partial charge in [-0.3, -0.25) is 0 Å². The summed E-state index contributed by atoms with van der Waals surface area (Å²) in [5.74, 6) is 0. The number of nitrogens with zero attached hydrogens (tertiary/aromatic N) is 1. The lowest BCUT2D eigenvalue weighted by Gasteiger charge is -2.24. The minimum absolute atomic E-state index is 0.116. The van der Waals surface area contributed by atoms with E-state index >= 15 is 0 Å². The Balaban J connectivity index is 2.15. The van der Waals surface area contributed by atoms with Crippen LogP contribution in [0.25, 0.3) is 0 Å². The van der Waals surface area contributed by atoms with Crippen LogP contribution >= 0.6 is 0 Å². The highest BCUT2D eigenvalue weighted by molar-refractivity contribution is 5.48. The largest absolute Gasteiger partial charge is 0.395 e. The molecule has 2 rings (SSSR count). The molecule has 0 aromatic heterocycles. The van der Waals surface area contributed by atoms with Crippen LogP contribution in [0.4, 0.5) is 5.69 Å². The Morgan fingerprint density at radius 1 is 1.00 bits per heavy atom. The van der Waals surface area contributed by atoms with Gasteiger partial charge in [0.2, 0.25) is 0 Å². The maximum absolute atomic E-state index is 9.54. The van der Waals surface area contributed by atoms with Gasteiger partial charge in [0.05, 0.1) is 12.7 Å². The van der Waals surface area contributed by atoms with Crippen molar-refractivity contribution in [1.82, 2.24) is 0 Å². The molecule has 1 atom stereocenters. The molecule has 3 heteroatoms. The van der Waals surface area contributed by atoms with Crippen molar-refractivity contribution in [2.45, 2.75) is 19.6 Å². The van der Waals surface area contributed by atoms with Crippen molar-refractivity contribution in [3.8, 4) is 0 Å². The molecular formula is C17H21NO2. The number of aliphatic hydroxyl groups is 2. The molecule has 3 nitrogen and oxygen atoms in total. The number of anilines is 1. The summed E-state index contributed by atoms with van der Waals surface area (Å²) in [4.78, 5) is 2.13. The second-order valence-electron chi connectivity index (χ2n) is 4.90. The Kier molecular flexibility index (Phi) is 5.16. The first-order valence-corrected chi connectivity index (χ1v) is 6.88. The van der Waals surface area contributed by atoms with Crippen LogP contribution in [0.5, 0.6) is 0 Å². The van der Waals surface area contributed by atoms with E-state index in [2.05, 4.69) is 17.0 Å². The Morgan fingerprint density at radius 2 is 1.65 bits per heavy atom. The second-order valence-corrected chi connectivity index (χ2v) is 4.90. The number of rotatable bonds is 6. The van der Waals surface area contributed by atoms with Gasteiger partial charge in [-0.15, -0.1) is 0 Å². The Bertz CT molecular complexity index is 508. The molecule has 0 aliphatic heterocycles. The van der Waals surface area contributed by atoms with Gasteiger partial charge >= 0.3 is 0 Å². The number of hydrogen-bond donors (Lipinski definition) is 2. The fraction of sp³-hybridized carbons (Fsp3) is 0.294. The van der Waals surface area contributed by atoms with Gasteiger partial charge in [-0.05, 0) is 30.2 Å². The molecule has 0 saturated heterocycles. The van der Waals surface area contributed by atoms with Crippen molar-refractivity contribution in [3.63, 3.8) is 0 Å². The smallest absolute Gasteiger partial charge is 0.0761 e. The van der Waals surface area contributed by atoms with Crippen LogP contribution in [-0.2, 0) is 6.54 Å². The highest BCUT2D eigenvalue weighted by Gasteiger charge is 2.08. The molecule has 0 aliphatic rings. The third-order valence-electron chi connectivity index (χ3n) is 3.33. The summed E-state index contributed by atoms with van der Waals surface area (Å²) in [6.07, 6.45) is -0.454. The molecule has 2 aromatic rings. The molecule has 0 bridgehead atoms. The van der Waals surface area contributed by atoms with Crippen molar-refractivity contribution in [3.05, 3.63) is 65.7 Å². The van der Waals surface area contributed by atoms with Crippen LogP contribution in [0.2, 0.25) is 0 Å². The lowest BCUT2D eigenvalue weighted by Crippen LogP contribution is -2.26. The summed E-state index contributed by atoms with van der Waals surface area (Å²) in [5, 5.41) is 18.8. The number of aliphatic hydroxyl groups excluding tert-OH is 2. The average Bonchev–Trinajstić information content (AvgIpc) is 2.48. The van der Waals surface area contributed by atoms with Crippen LogP contribution in [-0.4, -0.2) is 23.4 Å². The third kappa shape index (κ3) is 3.83. The van der Waals surface area contributed by atoms with E-state index in [1.165, 1.54) is 5.56 Å². The summed E-state index contributed by atoms with van der Waals surface area (Å²) in [7, 11) is 0. The van der Waals surface area contributed by atoms with Crippen LogP contribution < -0.4 is 4.90 Å². The lowest BCUT2D eigenvalue weighted by molar-refractivity contribution is 0.199. The van der Waals surface area contributed by atoms with Crippen molar-refractivity contribution in [1.29, 1.82) is 0 Å². The first-order valence-electron chi connectivity index (χ1n) is 6.88. The molecule has 0 amide bonds. The first-order chi connectivity index (χ1) is 9.70. The topological polar surface area (TPSA) is 43.7 Å². The van der Waals surface area contributed by atoms with Gasteiger partial charge in [0.15, 0.2) is 0 Å². The zero-order valence-electron chi connectivity index (χ0n) is 11.7. The quantitative estimate of drug-likeness (QED) is 0.849. The molecular weight excluding hydrogens is 250 g/mol. The fourth-order valence-electron chi connectivity index (χ4n) is 2.19. The van der Waals surface area contributed by atoms with E-state index in [0.29, 0.717) is 6.54 Å². The molecule has 0 spiro atoms. The molecule has 0 saturated carbocycles. The van der Waals surface area contributed by atoms with Gasteiger partial charge in [0.1, 0.15) is 0 Å². The van der Waals surface area contributed by atoms with Gasteiger partial charge in [-0.2, -0.15) is 0 Å². The Morgan fingerprint density at radius 3 is 2.20 bits per heavy atom. The van der Waals surface area contributed by atoms with E-state index in [0.717, 1.165) is 17.8 Å². The highest BCUT2D eigenvalue weighted by atomic mass is 16.3. The molecule has 0 unspecified atom stereocenters. The molecule has 0 heterocycles. The van der Waals surface area contributed by atoms with Crippen LogP contribution in [0, 0.1) is 0 Å². The normalized spacial score (nSPS) is 12.2. The molecule has 2 N–H and O–H groups in total. The van der Waals surface area contributed by atoms with Gasteiger partial charge in [-0.1, -0.05) is 42.5 Å². The minimum atomic E-state index is -0.454. The van der Waals surface area contributed by atoms with Gasteiger partial charge in [0.25, 0.3) is 0 Å². The molecule has 106 valence electrons. The van der Waals surface area contributed by atoms with Crippen molar-refractivity contribution < 1.29 is 10.2 Å². The molecule has 0 fully saturated rings. The molecule has 0 radical (unpaired) electrons. The van der Waals surface area contributed by atoms with E-state index in [9.17, 15) is 10.2 Å². The van der Waals surface area contributed by atoms with Crippen LogP contribution in [0.3, 0.4) is 0 Å². The van der Waals surface area contributed by atoms with E-state index in [4.69, 9.17) is 0 Å². The van der Waals surface area contributed by atoms with Crippen LogP contribution in [0.1, 0.15) is 24.2 Å². The maximum atomic E-state index is 9.54. The number of hydrogen-bond acceptors (Lipinski definition) is 3. The summed E-state index contributed by atoms with van der Waals surface area (Å²) < 4.78 is 0. The molecule has 2 aromatic carbocycles. The fourth-order valence-corrected chi connectivity index (χ4v) is 2.19. The van der Waals surface area contributed by atoms with Crippen LogP contribution in [0.15, 0.2) is 54.6 Å². The van der Waals surface area contributed by atoms with E-state index < -0.39 is 6.10 Å². The zero-order valence-corrected chi connectivity index (χ0v) is 11.7. The zero-order chi connectivity index (χ0) is 14.4. The first kappa shape index (κ1) is 14.6. The predicted molar refractivity (Wildman–Crippen MR) is 81.7 cm³/mol. The van der Waals surface area contributed by atoms with Gasteiger partial charge < -0.3 is 15.1 Å². The minimum Gasteiger partial charge on any atom is -0.395 e. The summed E-state index contributed by atoms with van der Waals surface area (Å²) in [6, 6.07) is 18.0. The van der Waals surface area contributed by atoms with Crippen molar-refractivity contribution in [2.75, 3.05) is 18.1 Å². The molecule has 20 heavy (non-hydrogen) atoms. The number of benzene rings is 2. The van der Waals surface area contributed by atoms with Gasteiger partial charge in [0, 0.05) is 18.8 Å². The maximum Gasteiger partial charge on any atom is 0.0761 e. The summed E-state index contributed by atoms with van der Waals surface area (Å²) in [6.45, 7) is 3.22. The van der Waals surface area contributed by atoms with Crippen molar-refractivity contribution in [2.24, 2.45) is 0 Å². The molecule has 0 aliphatic carbocycles. The van der Waals surface area contributed by atoms with Gasteiger partial charge in [-0.25, -0.2) is 0 Å². The summed E-state index contributed by atoms with van der Waals surface area (Å²) in [5.41, 5.74) is 3.16. The van der Waals surface area contributed by atoms with E-state index in [1.54, 1.807) is 6.92 Å². The second kappa shape index (κ2) is 7.08. The Hall–Kier alpha value is -1.84. The third-order valence-corrected chi connectivity index (χ3v) is 3.33. The highest BCUT2D eigenvalue weighted by Crippen LogP contribution is 2.20. The van der Waals surface area contributed by atoms with Crippen molar-refractivity contribution >= 4 is 5.69 Å².